The summed E-state index contributed by atoms with van der Waals surface area (Å²) in [5, 5.41) is 3.00. The van der Waals surface area contributed by atoms with E-state index in [9.17, 15) is 4.79 Å². The predicted molar refractivity (Wildman–Crippen MR) is 99.0 cm³/mol. The first-order valence-corrected chi connectivity index (χ1v) is 9.12. The molecule has 1 saturated carbocycles. The lowest BCUT2D eigenvalue weighted by Crippen LogP contribution is -2.40. The van der Waals surface area contributed by atoms with Crippen LogP contribution in [-0.2, 0) is 11.2 Å². The molecule has 3 heteroatoms. The first kappa shape index (κ1) is 18.6. The Labute approximate surface area is 146 Å². The molecule has 0 spiro atoms. The van der Waals surface area contributed by atoms with Gasteiger partial charge in [0.25, 0.3) is 0 Å². The maximum absolute atomic E-state index is 11.8. The van der Waals surface area contributed by atoms with Crippen LogP contribution in [0.2, 0.25) is 0 Å². The van der Waals surface area contributed by atoms with Gasteiger partial charge in [0.15, 0.2) is 0 Å². The van der Waals surface area contributed by atoms with Gasteiger partial charge in [0.2, 0.25) is 0 Å². The summed E-state index contributed by atoms with van der Waals surface area (Å²) in [5.41, 5.74) is 0.968. The zero-order valence-corrected chi connectivity index (χ0v) is 15.3. The van der Waals surface area contributed by atoms with Crippen molar-refractivity contribution >= 4 is 6.09 Å². The van der Waals surface area contributed by atoms with Crippen LogP contribution in [0.25, 0.3) is 0 Å². The molecule has 1 amide bonds. The number of hydrogen-bond donors (Lipinski definition) is 1. The Kier molecular flexibility index (Phi) is 6.89. The molecule has 0 saturated heterocycles. The molecule has 1 aromatic carbocycles. The Bertz CT molecular complexity index is 523. The molecule has 1 aliphatic rings. The summed E-state index contributed by atoms with van der Waals surface area (Å²) in [6.07, 6.45) is 11.0. The fourth-order valence-corrected chi connectivity index (χ4v) is 3.11. The van der Waals surface area contributed by atoms with Crippen molar-refractivity contribution in [2.45, 2.75) is 70.9 Å². The van der Waals surface area contributed by atoms with Crippen molar-refractivity contribution in [3.63, 3.8) is 0 Å². The molecule has 0 heterocycles. The summed E-state index contributed by atoms with van der Waals surface area (Å²) < 4.78 is 5.32. The minimum atomic E-state index is -0.428. The largest absolute Gasteiger partial charge is 0.444 e. The van der Waals surface area contributed by atoms with Gasteiger partial charge in [-0.05, 0) is 70.8 Å². The smallest absolute Gasteiger partial charge is 0.407 e. The summed E-state index contributed by atoms with van der Waals surface area (Å²) in [6.45, 7) is 5.68. The summed E-state index contributed by atoms with van der Waals surface area (Å²) in [4.78, 5) is 11.8. The summed E-state index contributed by atoms with van der Waals surface area (Å²) >= 11 is 0. The average molecular weight is 329 g/mol. The van der Waals surface area contributed by atoms with Crippen LogP contribution in [0.15, 0.2) is 42.5 Å². The highest BCUT2D eigenvalue weighted by molar-refractivity contribution is 5.68. The minimum absolute atomic E-state index is 0.258. The molecular formula is C21H31NO2. The number of rotatable bonds is 5. The van der Waals surface area contributed by atoms with E-state index in [-0.39, 0.29) is 12.1 Å². The van der Waals surface area contributed by atoms with E-state index in [1.807, 2.05) is 20.8 Å². The molecule has 132 valence electrons. The molecule has 1 aliphatic carbocycles. The molecule has 3 nitrogen and oxygen atoms in total. The number of benzene rings is 1. The lowest BCUT2D eigenvalue weighted by atomic mass is 9.85. The summed E-state index contributed by atoms with van der Waals surface area (Å²) in [5.74, 6) is 0.650. The van der Waals surface area contributed by atoms with Crippen molar-refractivity contribution in [3.05, 3.63) is 48.0 Å². The van der Waals surface area contributed by atoms with Gasteiger partial charge >= 0.3 is 6.09 Å². The third-order valence-corrected chi connectivity index (χ3v) is 4.34. The van der Waals surface area contributed by atoms with E-state index in [1.165, 1.54) is 5.56 Å². The third kappa shape index (κ3) is 7.20. The summed E-state index contributed by atoms with van der Waals surface area (Å²) in [7, 11) is 0. The van der Waals surface area contributed by atoms with E-state index in [4.69, 9.17) is 4.74 Å². The van der Waals surface area contributed by atoms with Crippen molar-refractivity contribution in [3.8, 4) is 0 Å². The van der Waals surface area contributed by atoms with Gasteiger partial charge in [-0.15, -0.1) is 0 Å². The molecule has 24 heavy (non-hydrogen) atoms. The third-order valence-electron chi connectivity index (χ3n) is 4.34. The van der Waals surface area contributed by atoms with Gasteiger partial charge in [0, 0.05) is 6.04 Å². The molecule has 0 unspecified atom stereocenters. The van der Waals surface area contributed by atoms with Gasteiger partial charge in [-0.25, -0.2) is 4.79 Å². The molecule has 1 fully saturated rings. The highest BCUT2D eigenvalue weighted by Gasteiger charge is 2.23. The Morgan fingerprint density at radius 3 is 2.46 bits per heavy atom. The van der Waals surface area contributed by atoms with Gasteiger partial charge in [-0.2, -0.15) is 0 Å². The number of nitrogens with one attached hydrogen (secondary N) is 1. The molecule has 2 rings (SSSR count). The van der Waals surface area contributed by atoms with Gasteiger partial charge in [-0.3, -0.25) is 0 Å². The van der Waals surface area contributed by atoms with E-state index in [0.29, 0.717) is 5.92 Å². The predicted octanol–water partition coefficient (Wildman–Crippen LogP) is 5.26. The normalized spacial score (nSPS) is 21.6. The molecule has 1 aromatic rings. The zero-order valence-electron chi connectivity index (χ0n) is 15.3. The number of amides is 1. The van der Waals surface area contributed by atoms with Crippen LogP contribution in [0.3, 0.4) is 0 Å². The lowest BCUT2D eigenvalue weighted by Gasteiger charge is -2.28. The Morgan fingerprint density at radius 1 is 1.17 bits per heavy atom. The number of hydrogen-bond acceptors (Lipinski definition) is 2. The molecular weight excluding hydrogens is 298 g/mol. The fourth-order valence-electron chi connectivity index (χ4n) is 3.11. The molecule has 1 N–H and O–H groups in total. The van der Waals surface area contributed by atoms with Crippen LogP contribution in [0.5, 0.6) is 0 Å². The number of aryl methyl sites for hydroxylation is 1. The molecule has 0 aromatic heterocycles. The standard InChI is InChI=1S/C21H31NO2/c1-21(2,3)24-20(23)22-19-15-13-18(14-16-19)12-8-7-11-17-9-5-4-6-10-17/h4-6,8-10,12,18-19H,7,11,13-16H2,1-3H3,(H,22,23)/t18-,19-. The van der Waals surface area contributed by atoms with Gasteiger partial charge in [0.1, 0.15) is 5.60 Å². The second-order valence-electron chi connectivity index (χ2n) is 7.71. The highest BCUT2D eigenvalue weighted by atomic mass is 16.6. The maximum Gasteiger partial charge on any atom is 0.407 e. The van der Waals surface area contributed by atoms with Crippen LogP contribution in [0, 0.1) is 5.92 Å². The summed E-state index contributed by atoms with van der Waals surface area (Å²) in [6, 6.07) is 10.9. The topological polar surface area (TPSA) is 38.3 Å². The van der Waals surface area contributed by atoms with Crippen LogP contribution in [-0.4, -0.2) is 17.7 Å². The Hall–Kier alpha value is -1.77. The lowest BCUT2D eigenvalue weighted by molar-refractivity contribution is 0.0490. The van der Waals surface area contributed by atoms with E-state index in [0.717, 1.165) is 38.5 Å². The molecule has 0 aliphatic heterocycles. The number of allylic oxidation sites excluding steroid dienone is 2. The molecule has 0 radical (unpaired) electrons. The fraction of sp³-hybridized carbons (Fsp3) is 0.571. The molecule has 0 bridgehead atoms. The number of alkyl carbamates (subject to hydrolysis) is 1. The van der Waals surface area contributed by atoms with E-state index in [1.54, 1.807) is 0 Å². The maximum atomic E-state index is 11.8. The van der Waals surface area contributed by atoms with Gasteiger partial charge in [-0.1, -0.05) is 42.5 Å². The Morgan fingerprint density at radius 2 is 1.83 bits per heavy atom. The van der Waals surface area contributed by atoms with E-state index in [2.05, 4.69) is 47.8 Å². The molecule has 0 atom stereocenters. The van der Waals surface area contributed by atoms with Crippen LogP contribution in [0.4, 0.5) is 4.79 Å². The van der Waals surface area contributed by atoms with Crippen LogP contribution < -0.4 is 5.32 Å². The number of carbonyl (C=O) groups is 1. The van der Waals surface area contributed by atoms with Gasteiger partial charge in [0.05, 0.1) is 0 Å². The second kappa shape index (κ2) is 8.91. The zero-order chi connectivity index (χ0) is 17.4. The van der Waals surface area contributed by atoms with Crippen molar-refractivity contribution in [2.75, 3.05) is 0 Å². The van der Waals surface area contributed by atoms with Crippen LogP contribution in [0.1, 0.15) is 58.4 Å². The average Bonchev–Trinajstić information content (AvgIpc) is 2.52. The quantitative estimate of drug-likeness (QED) is 0.748. The SMILES string of the molecule is CC(C)(C)OC(=O)N[C@H]1CC[C@H](C=CCCc2ccccc2)CC1. The number of ether oxygens (including phenoxy) is 1. The van der Waals surface area contributed by atoms with Crippen molar-refractivity contribution in [1.29, 1.82) is 0 Å². The van der Waals surface area contributed by atoms with Crippen molar-refractivity contribution < 1.29 is 9.53 Å². The number of carbonyl (C=O) groups excluding carboxylic acids is 1. The Balaban J connectivity index is 1.63. The van der Waals surface area contributed by atoms with Crippen molar-refractivity contribution in [2.24, 2.45) is 5.92 Å². The van der Waals surface area contributed by atoms with E-state index >= 15 is 0 Å². The van der Waals surface area contributed by atoms with Crippen molar-refractivity contribution in [1.82, 2.24) is 5.32 Å². The first-order chi connectivity index (χ1) is 11.4. The minimum Gasteiger partial charge on any atom is -0.444 e. The van der Waals surface area contributed by atoms with E-state index < -0.39 is 5.60 Å². The monoisotopic (exact) mass is 329 g/mol. The second-order valence-corrected chi connectivity index (χ2v) is 7.71. The van der Waals surface area contributed by atoms with Crippen LogP contribution >= 0.6 is 0 Å². The first-order valence-electron chi connectivity index (χ1n) is 9.12. The highest BCUT2D eigenvalue weighted by Crippen LogP contribution is 2.25. The van der Waals surface area contributed by atoms with Gasteiger partial charge < -0.3 is 10.1 Å².